The molecule has 3 rings (SSSR count). The van der Waals surface area contributed by atoms with Crippen LogP contribution in [0, 0.1) is 0 Å². The Kier molecular flexibility index (Phi) is 3.67. The summed E-state index contributed by atoms with van der Waals surface area (Å²) >= 11 is 3.35. The molecule has 0 radical (unpaired) electrons. The monoisotopic (exact) mass is 352 g/mol. The maximum Gasteiger partial charge on any atom is 0.411 e. The molecule has 7 heteroatoms. The largest absolute Gasteiger partial charge is 0.439 e. The summed E-state index contributed by atoms with van der Waals surface area (Å²) in [6, 6.07) is 6.86. The Morgan fingerprint density at radius 3 is 2.57 bits per heavy atom. The Labute approximate surface area is 129 Å². The molecule has 6 nitrogen and oxygen atoms in total. The highest BCUT2D eigenvalue weighted by atomic mass is 79.9. The maximum atomic E-state index is 12.0. The number of ether oxygens (including phenoxy) is 1. The molecule has 2 aliphatic heterocycles. The van der Waals surface area contributed by atoms with E-state index in [9.17, 15) is 14.4 Å². The average Bonchev–Trinajstić information content (AvgIpc) is 2.81. The van der Waals surface area contributed by atoms with Gasteiger partial charge in [-0.15, -0.1) is 0 Å². The molecule has 0 saturated carbocycles. The lowest BCUT2D eigenvalue weighted by atomic mass is 10.0. The summed E-state index contributed by atoms with van der Waals surface area (Å²) in [6.45, 7) is 0.312. The van der Waals surface area contributed by atoms with E-state index in [1.807, 2.05) is 24.3 Å². The SMILES string of the molecule is O=C1CC[C@@H](N2C[C@H](c3ccc(Br)cc3)OC2=O)C(=O)N1. The average molecular weight is 353 g/mol. The molecular formula is C14H13BrN2O4. The first kappa shape index (κ1) is 14.1. The lowest BCUT2D eigenvalue weighted by Gasteiger charge is -2.27. The van der Waals surface area contributed by atoms with Crippen LogP contribution < -0.4 is 5.32 Å². The second kappa shape index (κ2) is 5.48. The van der Waals surface area contributed by atoms with Crippen molar-refractivity contribution in [2.45, 2.75) is 25.0 Å². The van der Waals surface area contributed by atoms with E-state index in [2.05, 4.69) is 21.2 Å². The van der Waals surface area contributed by atoms with Crippen molar-refractivity contribution in [1.82, 2.24) is 10.2 Å². The summed E-state index contributed by atoms with van der Waals surface area (Å²) in [7, 11) is 0. The van der Waals surface area contributed by atoms with Crippen LogP contribution in [0.15, 0.2) is 28.7 Å². The van der Waals surface area contributed by atoms with Crippen molar-refractivity contribution >= 4 is 33.8 Å². The second-order valence-electron chi connectivity index (χ2n) is 5.04. The number of nitrogens with zero attached hydrogens (tertiary/aromatic N) is 1. The van der Waals surface area contributed by atoms with Gasteiger partial charge in [0.05, 0.1) is 6.54 Å². The van der Waals surface area contributed by atoms with Crippen LogP contribution >= 0.6 is 15.9 Å². The highest BCUT2D eigenvalue weighted by Crippen LogP contribution is 2.30. The quantitative estimate of drug-likeness (QED) is 0.822. The molecule has 0 aromatic heterocycles. The van der Waals surface area contributed by atoms with Crippen molar-refractivity contribution in [2.24, 2.45) is 0 Å². The molecular weight excluding hydrogens is 340 g/mol. The molecule has 2 heterocycles. The van der Waals surface area contributed by atoms with Crippen molar-refractivity contribution in [2.75, 3.05) is 6.54 Å². The summed E-state index contributed by atoms with van der Waals surface area (Å²) < 4.78 is 6.28. The van der Waals surface area contributed by atoms with Gasteiger partial charge in [0.15, 0.2) is 0 Å². The van der Waals surface area contributed by atoms with E-state index in [4.69, 9.17) is 4.74 Å². The maximum absolute atomic E-state index is 12.0. The van der Waals surface area contributed by atoms with Gasteiger partial charge in [0, 0.05) is 10.9 Å². The number of carbonyl (C=O) groups is 3. The minimum absolute atomic E-state index is 0.239. The van der Waals surface area contributed by atoms with Crippen LogP contribution in [0.3, 0.4) is 0 Å². The Balaban J connectivity index is 1.74. The molecule has 2 atom stereocenters. The molecule has 1 aromatic rings. The Bertz CT molecular complexity index is 601. The molecule has 110 valence electrons. The second-order valence-corrected chi connectivity index (χ2v) is 5.96. The van der Waals surface area contributed by atoms with Crippen LogP contribution in [-0.4, -0.2) is 35.4 Å². The van der Waals surface area contributed by atoms with Crippen molar-refractivity contribution in [3.05, 3.63) is 34.3 Å². The minimum atomic E-state index is -0.629. The molecule has 0 unspecified atom stereocenters. The van der Waals surface area contributed by atoms with Crippen LogP contribution in [0.5, 0.6) is 0 Å². The first-order valence-corrected chi connectivity index (χ1v) is 7.40. The smallest absolute Gasteiger partial charge is 0.411 e. The molecule has 0 bridgehead atoms. The van der Waals surface area contributed by atoms with Gasteiger partial charge in [0.2, 0.25) is 11.8 Å². The number of rotatable bonds is 2. The van der Waals surface area contributed by atoms with E-state index >= 15 is 0 Å². The predicted octanol–water partition coefficient (Wildman–Crippen LogP) is 1.75. The van der Waals surface area contributed by atoms with Gasteiger partial charge >= 0.3 is 6.09 Å². The standard InChI is InChI=1S/C14H13BrN2O4/c15-9-3-1-8(2-4-9)11-7-17(14(20)21-11)10-5-6-12(18)16-13(10)19/h1-4,10-11H,5-7H2,(H,16,18,19)/t10-,11-/m1/s1. The minimum Gasteiger partial charge on any atom is -0.439 e. The summed E-state index contributed by atoms with van der Waals surface area (Å²) in [5.41, 5.74) is 0.876. The van der Waals surface area contributed by atoms with E-state index in [1.54, 1.807) is 0 Å². The number of carbonyl (C=O) groups excluding carboxylic acids is 3. The van der Waals surface area contributed by atoms with Crippen molar-refractivity contribution in [3.8, 4) is 0 Å². The molecule has 1 N–H and O–H groups in total. The first-order chi connectivity index (χ1) is 10.0. The molecule has 3 amide bonds. The highest BCUT2D eigenvalue weighted by Gasteiger charge is 2.41. The van der Waals surface area contributed by atoms with Crippen LogP contribution in [0.2, 0.25) is 0 Å². The molecule has 0 aliphatic carbocycles. The van der Waals surface area contributed by atoms with E-state index in [1.165, 1.54) is 4.90 Å². The predicted molar refractivity (Wildman–Crippen MR) is 76.2 cm³/mol. The summed E-state index contributed by atoms with van der Waals surface area (Å²) in [5.74, 6) is -0.729. The fourth-order valence-electron chi connectivity index (χ4n) is 2.56. The number of cyclic esters (lactones) is 1. The van der Waals surface area contributed by atoms with Gasteiger partial charge in [0.1, 0.15) is 12.1 Å². The number of halogens is 1. The van der Waals surface area contributed by atoms with Crippen LogP contribution in [-0.2, 0) is 14.3 Å². The van der Waals surface area contributed by atoms with Crippen molar-refractivity contribution in [3.63, 3.8) is 0 Å². The topological polar surface area (TPSA) is 75.7 Å². The number of benzene rings is 1. The Morgan fingerprint density at radius 1 is 1.19 bits per heavy atom. The lowest BCUT2D eigenvalue weighted by molar-refractivity contribution is -0.136. The van der Waals surface area contributed by atoms with Gasteiger partial charge in [0.25, 0.3) is 0 Å². The third-order valence-electron chi connectivity index (χ3n) is 3.67. The van der Waals surface area contributed by atoms with Crippen LogP contribution in [0.1, 0.15) is 24.5 Å². The van der Waals surface area contributed by atoms with Gasteiger partial charge in [-0.05, 0) is 24.1 Å². The zero-order valence-corrected chi connectivity index (χ0v) is 12.6. The molecule has 2 saturated heterocycles. The normalized spacial score (nSPS) is 25.8. The third kappa shape index (κ3) is 2.78. The molecule has 1 aromatic carbocycles. The number of amides is 3. The first-order valence-electron chi connectivity index (χ1n) is 6.61. The molecule has 21 heavy (non-hydrogen) atoms. The van der Waals surface area contributed by atoms with Gasteiger partial charge < -0.3 is 4.74 Å². The Hall–Kier alpha value is -1.89. The third-order valence-corrected chi connectivity index (χ3v) is 4.20. The summed E-state index contributed by atoms with van der Waals surface area (Å²) in [5, 5.41) is 2.26. The van der Waals surface area contributed by atoms with E-state index in [0.717, 1.165) is 10.0 Å². The zero-order valence-electron chi connectivity index (χ0n) is 11.0. The van der Waals surface area contributed by atoms with Gasteiger partial charge in [-0.3, -0.25) is 19.8 Å². The molecule has 0 spiro atoms. The fraction of sp³-hybridized carbons (Fsp3) is 0.357. The summed E-state index contributed by atoms with van der Waals surface area (Å²) in [4.78, 5) is 36.4. The summed E-state index contributed by atoms with van der Waals surface area (Å²) in [6.07, 6.45) is -0.330. The number of nitrogens with one attached hydrogen (secondary N) is 1. The van der Waals surface area contributed by atoms with Gasteiger partial charge in [-0.25, -0.2) is 4.79 Å². The number of hydrogen-bond donors (Lipinski definition) is 1. The molecule has 2 aliphatic rings. The molecule has 2 fully saturated rings. The lowest BCUT2D eigenvalue weighted by Crippen LogP contribution is -2.52. The number of hydrogen-bond acceptors (Lipinski definition) is 4. The highest BCUT2D eigenvalue weighted by molar-refractivity contribution is 9.10. The van der Waals surface area contributed by atoms with Crippen molar-refractivity contribution in [1.29, 1.82) is 0 Å². The van der Waals surface area contributed by atoms with Crippen LogP contribution in [0.25, 0.3) is 0 Å². The van der Waals surface area contributed by atoms with Gasteiger partial charge in [-0.2, -0.15) is 0 Å². The fourth-order valence-corrected chi connectivity index (χ4v) is 2.83. The number of imide groups is 1. The zero-order chi connectivity index (χ0) is 15.0. The van der Waals surface area contributed by atoms with E-state index in [-0.39, 0.29) is 12.3 Å². The van der Waals surface area contributed by atoms with E-state index < -0.39 is 24.1 Å². The van der Waals surface area contributed by atoms with E-state index in [0.29, 0.717) is 13.0 Å². The number of piperidine rings is 1. The van der Waals surface area contributed by atoms with Crippen LogP contribution in [0.4, 0.5) is 4.79 Å². The Morgan fingerprint density at radius 2 is 1.90 bits per heavy atom. The van der Waals surface area contributed by atoms with Crippen molar-refractivity contribution < 1.29 is 19.1 Å². The van der Waals surface area contributed by atoms with Gasteiger partial charge in [-0.1, -0.05) is 28.1 Å².